The first-order valence-corrected chi connectivity index (χ1v) is 7.07. The molecule has 0 aliphatic heterocycles. The van der Waals surface area contributed by atoms with Gasteiger partial charge < -0.3 is 5.11 Å². The van der Waals surface area contributed by atoms with Crippen molar-refractivity contribution in [2.24, 2.45) is 0 Å². The summed E-state index contributed by atoms with van der Waals surface area (Å²) in [7, 11) is 0. The normalized spacial score (nSPS) is 22.6. The van der Waals surface area contributed by atoms with Gasteiger partial charge in [0.15, 0.2) is 5.01 Å². The Bertz CT molecular complexity index is 637. The molecule has 0 saturated heterocycles. The van der Waals surface area contributed by atoms with Gasteiger partial charge in [-0.3, -0.25) is 0 Å². The number of hydrogen-bond donors (Lipinski definition) is 1. The minimum Gasteiger partial charge on any atom is -0.379 e. The summed E-state index contributed by atoms with van der Waals surface area (Å²) in [5, 5.41) is 9.96. The highest BCUT2D eigenvalue weighted by Gasteiger charge is 2.41. The van der Waals surface area contributed by atoms with E-state index in [2.05, 4.69) is 4.98 Å². The number of rotatable bonds is 1. The van der Waals surface area contributed by atoms with Gasteiger partial charge in [-0.2, -0.15) is 13.2 Å². The maximum absolute atomic E-state index is 12.7. The van der Waals surface area contributed by atoms with Crippen LogP contribution >= 0.6 is 11.3 Å². The van der Waals surface area contributed by atoms with E-state index in [1.807, 2.05) is 12.1 Å². The Morgan fingerprint density at radius 1 is 1.25 bits per heavy atom. The molecule has 0 amide bonds. The largest absolute Gasteiger partial charge is 0.443 e. The maximum Gasteiger partial charge on any atom is 0.443 e. The van der Waals surface area contributed by atoms with Crippen molar-refractivity contribution in [3.63, 3.8) is 0 Å². The molecule has 3 rings (SSSR count). The smallest absolute Gasteiger partial charge is 0.379 e. The van der Waals surface area contributed by atoms with Crippen LogP contribution in [-0.4, -0.2) is 10.1 Å². The minimum absolute atomic E-state index is 0.261. The lowest BCUT2D eigenvalue weighted by molar-refractivity contribution is -0.137. The van der Waals surface area contributed by atoms with Crippen LogP contribution in [0.15, 0.2) is 30.5 Å². The Morgan fingerprint density at radius 3 is 2.70 bits per heavy atom. The number of nitrogens with zero attached hydrogens (tertiary/aromatic N) is 1. The third-order valence-electron chi connectivity index (χ3n) is 3.60. The van der Waals surface area contributed by atoms with Crippen LogP contribution in [0.1, 0.15) is 33.9 Å². The Labute approximate surface area is 117 Å². The number of fused-ring (bicyclic) bond motifs is 1. The average molecular weight is 299 g/mol. The summed E-state index contributed by atoms with van der Waals surface area (Å²) in [5.41, 5.74) is 0.336. The van der Waals surface area contributed by atoms with Gasteiger partial charge in [-0.15, -0.1) is 11.3 Å². The highest BCUT2D eigenvalue weighted by molar-refractivity contribution is 7.11. The summed E-state index contributed by atoms with van der Waals surface area (Å²) >= 11 is 0.523. The molecule has 0 spiro atoms. The van der Waals surface area contributed by atoms with Gasteiger partial charge in [-0.05, 0) is 30.4 Å². The van der Waals surface area contributed by atoms with Gasteiger partial charge in [-0.1, -0.05) is 24.3 Å². The topological polar surface area (TPSA) is 33.1 Å². The first-order valence-electron chi connectivity index (χ1n) is 6.25. The van der Waals surface area contributed by atoms with Crippen LogP contribution in [0.3, 0.4) is 0 Å². The van der Waals surface area contributed by atoms with Crippen molar-refractivity contribution < 1.29 is 18.3 Å². The van der Waals surface area contributed by atoms with E-state index >= 15 is 0 Å². The van der Waals surface area contributed by atoms with Crippen LogP contribution in [0.25, 0.3) is 0 Å². The zero-order valence-corrected chi connectivity index (χ0v) is 11.3. The zero-order chi connectivity index (χ0) is 14.4. The Kier molecular flexibility index (Phi) is 3.10. The van der Waals surface area contributed by atoms with E-state index in [-0.39, 0.29) is 4.88 Å². The summed E-state index contributed by atoms with van der Waals surface area (Å²) in [5.74, 6) is 0. The van der Waals surface area contributed by atoms with Crippen LogP contribution in [0.2, 0.25) is 0 Å². The second-order valence-electron chi connectivity index (χ2n) is 4.90. The number of aromatic nitrogens is 1. The van der Waals surface area contributed by atoms with Crippen LogP contribution < -0.4 is 0 Å². The van der Waals surface area contributed by atoms with E-state index in [0.717, 1.165) is 24.6 Å². The molecule has 0 saturated carbocycles. The molecule has 2 nitrogen and oxygen atoms in total. The Morgan fingerprint density at radius 2 is 2.00 bits per heavy atom. The molecular formula is C14H12F3NOS. The lowest BCUT2D eigenvalue weighted by Crippen LogP contribution is -2.30. The Hall–Kier alpha value is -1.40. The lowest BCUT2D eigenvalue weighted by atomic mass is 9.78. The van der Waals surface area contributed by atoms with Gasteiger partial charge in [0.25, 0.3) is 0 Å². The fourth-order valence-electron chi connectivity index (χ4n) is 2.66. The number of alkyl halides is 3. The van der Waals surface area contributed by atoms with E-state index in [4.69, 9.17) is 0 Å². The van der Waals surface area contributed by atoms with Crippen LogP contribution in [-0.2, 0) is 18.2 Å². The predicted molar refractivity (Wildman–Crippen MR) is 69.5 cm³/mol. The number of aryl methyl sites for hydroxylation is 1. The molecule has 1 aliphatic carbocycles. The van der Waals surface area contributed by atoms with Crippen molar-refractivity contribution >= 4 is 11.3 Å². The number of halogens is 3. The molecule has 1 N–H and O–H groups in total. The zero-order valence-electron chi connectivity index (χ0n) is 10.4. The molecule has 0 radical (unpaired) electrons. The minimum atomic E-state index is -4.46. The van der Waals surface area contributed by atoms with Crippen LogP contribution in [0, 0.1) is 0 Å². The van der Waals surface area contributed by atoms with Crippen LogP contribution in [0.5, 0.6) is 0 Å². The molecule has 2 aromatic rings. The lowest BCUT2D eigenvalue weighted by Gasteiger charge is -2.33. The van der Waals surface area contributed by atoms with E-state index in [0.29, 0.717) is 23.3 Å². The van der Waals surface area contributed by atoms with Gasteiger partial charge in [0.05, 0.1) is 4.88 Å². The summed E-state index contributed by atoms with van der Waals surface area (Å²) in [4.78, 5) is 3.68. The first kappa shape index (κ1) is 13.6. The molecule has 106 valence electrons. The molecule has 6 heteroatoms. The van der Waals surface area contributed by atoms with Crippen molar-refractivity contribution in [3.8, 4) is 0 Å². The highest BCUT2D eigenvalue weighted by atomic mass is 32.1. The molecule has 1 heterocycles. The van der Waals surface area contributed by atoms with E-state index in [1.54, 1.807) is 12.1 Å². The van der Waals surface area contributed by atoms with Gasteiger partial charge in [0.1, 0.15) is 5.60 Å². The van der Waals surface area contributed by atoms with Gasteiger partial charge in [0.2, 0.25) is 0 Å². The van der Waals surface area contributed by atoms with Gasteiger partial charge in [-0.25, -0.2) is 4.98 Å². The van der Waals surface area contributed by atoms with Crippen molar-refractivity contribution in [2.75, 3.05) is 0 Å². The summed E-state index contributed by atoms with van der Waals surface area (Å²) in [6, 6.07) is 7.35. The average Bonchev–Trinajstić information content (AvgIpc) is 2.89. The number of hydrogen-bond acceptors (Lipinski definition) is 3. The second kappa shape index (κ2) is 4.56. The van der Waals surface area contributed by atoms with Crippen LogP contribution in [0.4, 0.5) is 13.2 Å². The van der Waals surface area contributed by atoms with E-state index < -0.39 is 16.8 Å². The Balaban J connectivity index is 2.08. The van der Waals surface area contributed by atoms with E-state index in [9.17, 15) is 18.3 Å². The predicted octanol–water partition coefficient (Wildman–Crippen LogP) is 3.73. The molecule has 1 unspecified atom stereocenters. The summed E-state index contributed by atoms with van der Waals surface area (Å²) in [6.45, 7) is 0. The fraction of sp³-hybridized carbons (Fsp3) is 0.357. The standard InChI is InChI=1S/C14H12F3NOS/c15-14(16,17)12-18-8-11(20-12)13(19)7-3-5-9-4-1-2-6-10(9)13/h1-2,4,6,8,19H,3,5,7H2. The van der Waals surface area contributed by atoms with Crippen molar-refractivity contribution in [1.82, 2.24) is 4.98 Å². The van der Waals surface area contributed by atoms with Gasteiger partial charge >= 0.3 is 6.18 Å². The maximum atomic E-state index is 12.7. The summed E-state index contributed by atoms with van der Waals surface area (Å²) in [6.07, 6.45) is -1.32. The summed E-state index contributed by atoms with van der Waals surface area (Å²) < 4.78 is 38.0. The third kappa shape index (κ3) is 2.13. The van der Waals surface area contributed by atoms with Crippen molar-refractivity contribution in [3.05, 3.63) is 51.5 Å². The molecule has 1 atom stereocenters. The number of benzene rings is 1. The van der Waals surface area contributed by atoms with Gasteiger partial charge in [0, 0.05) is 6.20 Å². The molecule has 0 fully saturated rings. The molecule has 1 aliphatic rings. The van der Waals surface area contributed by atoms with Crippen molar-refractivity contribution in [1.29, 1.82) is 0 Å². The fourth-order valence-corrected chi connectivity index (χ4v) is 3.58. The number of aliphatic hydroxyl groups is 1. The second-order valence-corrected chi connectivity index (χ2v) is 5.93. The first-order chi connectivity index (χ1) is 9.41. The van der Waals surface area contributed by atoms with E-state index in [1.165, 1.54) is 0 Å². The molecule has 0 bridgehead atoms. The monoisotopic (exact) mass is 299 g/mol. The molecule has 20 heavy (non-hydrogen) atoms. The highest BCUT2D eigenvalue weighted by Crippen LogP contribution is 2.44. The molecular weight excluding hydrogens is 287 g/mol. The molecule has 1 aromatic heterocycles. The third-order valence-corrected chi connectivity index (χ3v) is 4.80. The SMILES string of the molecule is OC1(c2cnc(C(F)(F)F)s2)CCCc2ccccc21. The quantitative estimate of drug-likeness (QED) is 0.870. The number of thiazole rings is 1. The van der Waals surface area contributed by atoms with Crippen molar-refractivity contribution in [2.45, 2.75) is 31.0 Å². The molecule has 1 aromatic carbocycles.